The van der Waals surface area contributed by atoms with Gasteiger partial charge < -0.3 is 15.7 Å². The van der Waals surface area contributed by atoms with Crippen LogP contribution in [0.15, 0.2) is 12.1 Å². The average Bonchev–Trinajstić information content (AvgIpc) is 2.21. The van der Waals surface area contributed by atoms with Crippen LogP contribution >= 0.6 is 23.2 Å². The molecule has 0 heterocycles. The molecule has 1 aromatic rings. The minimum Gasteiger partial charge on any atom is -0.399 e. The van der Waals surface area contributed by atoms with Gasteiger partial charge in [-0.15, -0.1) is 0 Å². The molecule has 1 rings (SSSR count). The van der Waals surface area contributed by atoms with Crippen molar-refractivity contribution in [2.24, 2.45) is 0 Å². The van der Waals surface area contributed by atoms with E-state index in [0.717, 1.165) is 18.8 Å². The van der Waals surface area contributed by atoms with Crippen LogP contribution in [-0.4, -0.2) is 24.8 Å². The topological polar surface area (TPSA) is 49.5 Å². The molecule has 5 heteroatoms. The van der Waals surface area contributed by atoms with Gasteiger partial charge in [-0.05, 0) is 25.5 Å². The molecule has 3 N–H and O–H groups in total. The van der Waals surface area contributed by atoms with Crippen molar-refractivity contribution in [3.63, 3.8) is 0 Å². The van der Waals surface area contributed by atoms with Crippen LogP contribution in [0.1, 0.15) is 13.3 Å². The Morgan fingerprint density at radius 3 is 2.31 bits per heavy atom. The normalized spacial score (nSPS) is 10.5. The Kier molecular flexibility index (Phi) is 5.19. The molecule has 0 saturated heterocycles. The molecule has 3 nitrogen and oxygen atoms in total. The number of benzene rings is 1. The summed E-state index contributed by atoms with van der Waals surface area (Å²) >= 11 is 12.2. The molecule has 0 aliphatic rings. The zero-order valence-corrected chi connectivity index (χ0v) is 10.7. The highest BCUT2D eigenvalue weighted by Gasteiger charge is 2.13. The van der Waals surface area contributed by atoms with Crippen LogP contribution < -0.4 is 10.6 Å². The fourth-order valence-electron chi connectivity index (χ4n) is 1.58. The Balaban J connectivity index is 2.99. The Bertz CT molecular complexity index is 335. The van der Waals surface area contributed by atoms with Crippen LogP contribution in [0.25, 0.3) is 0 Å². The number of nitrogen functional groups attached to an aromatic ring is 1. The van der Waals surface area contributed by atoms with Crippen molar-refractivity contribution in [1.82, 2.24) is 0 Å². The van der Waals surface area contributed by atoms with E-state index in [4.69, 9.17) is 34.0 Å². The van der Waals surface area contributed by atoms with E-state index in [1.165, 1.54) is 0 Å². The molecule has 0 aliphatic carbocycles. The summed E-state index contributed by atoms with van der Waals surface area (Å²) in [5.74, 6) is 0. The number of nitrogens with zero attached hydrogens (tertiary/aromatic N) is 1. The fourth-order valence-corrected chi connectivity index (χ4v) is 2.32. The number of aliphatic hydroxyl groups excluding tert-OH is 1. The van der Waals surface area contributed by atoms with E-state index in [0.29, 0.717) is 22.2 Å². The van der Waals surface area contributed by atoms with E-state index in [2.05, 4.69) is 0 Å². The van der Waals surface area contributed by atoms with Crippen molar-refractivity contribution < 1.29 is 5.11 Å². The molecule has 16 heavy (non-hydrogen) atoms. The summed E-state index contributed by atoms with van der Waals surface area (Å²) < 4.78 is 0. The minimum atomic E-state index is 0.153. The van der Waals surface area contributed by atoms with E-state index < -0.39 is 0 Å². The van der Waals surface area contributed by atoms with Crippen LogP contribution in [0.5, 0.6) is 0 Å². The summed E-state index contributed by atoms with van der Waals surface area (Å²) in [7, 11) is 0. The van der Waals surface area contributed by atoms with Crippen LogP contribution in [0.3, 0.4) is 0 Å². The Morgan fingerprint density at radius 2 is 1.88 bits per heavy atom. The van der Waals surface area contributed by atoms with Crippen LogP contribution in [0.4, 0.5) is 11.4 Å². The van der Waals surface area contributed by atoms with Crippen LogP contribution in [0, 0.1) is 0 Å². The van der Waals surface area contributed by atoms with Gasteiger partial charge in [0.2, 0.25) is 0 Å². The van der Waals surface area contributed by atoms with Crippen molar-refractivity contribution in [2.75, 3.05) is 30.3 Å². The third-order valence-electron chi connectivity index (χ3n) is 2.32. The summed E-state index contributed by atoms with van der Waals surface area (Å²) in [6.07, 6.45) is 0.685. The number of hydrogen-bond acceptors (Lipinski definition) is 3. The van der Waals surface area contributed by atoms with E-state index in [1.54, 1.807) is 12.1 Å². The molecular weight excluding hydrogens is 247 g/mol. The number of nitrogens with two attached hydrogens (primary N) is 1. The minimum absolute atomic E-state index is 0.153. The summed E-state index contributed by atoms with van der Waals surface area (Å²) in [5.41, 5.74) is 6.98. The standard InChI is InChI=1S/C11H16Cl2N2O/c1-2-15(4-3-5-16)11-9(12)6-8(14)7-10(11)13/h6-7,16H,2-5,14H2,1H3. The zero-order valence-electron chi connectivity index (χ0n) is 9.21. The summed E-state index contributed by atoms with van der Waals surface area (Å²) in [6, 6.07) is 3.37. The van der Waals surface area contributed by atoms with Crippen LogP contribution in [0.2, 0.25) is 10.0 Å². The van der Waals surface area contributed by atoms with E-state index in [1.807, 2.05) is 11.8 Å². The average molecular weight is 263 g/mol. The lowest BCUT2D eigenvalue weighted by atomic mass is 10.2. The molecule has 0 spiro atoms. The predicted octanol–water partition coefficient (Wildman–Crippen LogP) is 2.78. The van der Waals surface area contributed by atoms with Crippen molar-refractivity contribution in [3.8, 4) is 0 Å². The van der Waals surface area contributed by atoms with E-state index in [9.17, 15) is 0 Å². The van der Waals surface area contributed by atoms with E-state index in [-0.39, 0.29) is 6.61 Å². The first-order valence-corrected chi connectivity index (χ1v) is 5.96. The first kappa shape index (κ1) is 13.4. The number of anilines is 2. The van der Waals surface area contributed by atoms with Crippen molar-refractivity contribution in [1.29, 1.82) is 0 Å². The number of aliphatic hydroxyl groups is 1. The van der Waals surface area contributed by atoms with Crippen molar-refractivity contribution in [2.45, 2.75) is 13.3 Å². The highest BCUT2D eigenvalue weighted by Crippen LogP contribution is 2.35. The summed E-state index contributed by atoms with van der Waals surface area (Å²) in [5, 5.41) is 9.92. The zero-order chi connectivity index (χ0) is 12.1. The molecule has 0 unspecified atom stereocenters. The van der Waals surface area contributed by atoms with Gasteiger partial charge in [0, 0.05) is 25.4 Å². The second kappa shape index (κ2) is 6.18. The third kappa shape index (κ3) is 3.17. The summed E-state index contributed by atoms with van der Waals surface area (Å²) in [4.78, 5) is 2.03. The largest absolute Gasteiger partial charge is 0.399 e. The van der Waals surface area contributed by atoms with Crippen LogP contribution in [-0.2, 0) is 0 Å². The van der Waals surface area contributed by atoms with Gasteiger partial charge >= 0.3 is 0 Å². The molecule has 0 amide bonds. The number of halogens is 2. The van der Waals surface area contributed by atoms with Gasteiger partial charge in [-0.1, -0.05) is 23.2 Å². The monoisotopic (exact) mass is 262 g/mol. The highest BCUT2D eigenvalue weighted by atomic mass is 35.5. The van der Waals surface area contributed by atoms with Gasteiger partial charge in [0.25, 0.3) is 0 Å². The van der Waals surface area contributed by atoms with Gasteiger partial charge in [-0.25, -0.2) is 0 Å². The Morgan fingerprint density at radius 1 is 1.31 bits per heavy atom. The van der Waals surface area contributed by atoms with Gasteiger partial charge in [0.05, 0.1) is 15.7 Å². The number of rotatable bonds is 5. The molecule has 0 aliphatic heterocycles. The molecule has 0 saturated carbocycles. The molecule has 1 aromatic carbocycles. The highest BCUT2D eigenvalue weighted by molar-refractivity contribution is 6.39. The molecule has 0 fully saturated rings. The smallest absolute Gasteiger partial charge is 0.0746 e. The fraction of sp³-hybridized carbons (Fsp3) is 0.455. The maximum atomic E-state index is 8.83. The number of hydrogen-bond donors (Lipinski definition) is 2. The van der Waals surface area contributed by atoms with Gasteiger partial charge in [-0.2, -0.15) is 0 Å². The molecular formula is C11H16Cl2N2O. The molecule has 90 valence electrons. The quantitative estimate of drug-likeness (QED) is 0.803. The lowest BCUT2D eigenvalue weighted by Crippen LogP contribution is -2.25. The van der Waals surface area contributed by atoms with Gasteiger partial charge in [0.15, 0.2) is 0 Å². The predicted molar refractivity (Wildman–Crippen MR) is 70.5 cm³/mol. The molecule has 0 radical (unpaired) electrons. The lowest BCUT2D eigenvalue weighted by Gasteiger charge is -2.25. The maximum absolute atomic E-state index is 8.83. The van der Waals surface area contributed by atoms with Crippen molar-refractivity contribution in [3.05, 3.63) is 22.2 Å². The Labute approximate surface area is 106 Å². The van der Waals surface area contributed by atoms with Gasteiger partial charge in [-0.3, -0.25) is 0 Å². The third-order valence-corrected chi connectivity index (χ3v) is 2.90. The SMILES string of the molecule is CCN(CCCO)c1c(Cl)cc(N)cc1Cl. The first-order chi connectivity index (χ1) is 7.60. The maximum Gasteiger partial charge on any atom is 0.0746 e. The summed E-state index contributed by atoms with van der Waals surface area (Å²) in [6.45, 7) is 3.67. The van der Waals surface area contributed by atoms with Crippen molar-refractivity contribution >= 4 is 34.6 Å². The lowest BCUT2D eigenvalue weighted by molar-refractivity contribution is 0.289. The second-order valence-corrected chi connectivity index (χ2v) is 4.30. The molecule has 0 atom stereocenters. The second-order valence-electron chi connectivity index (χ2n) is 3.49. The van der Waals surface area contributed by atoms with E-state index >= 15 is 0 Å². The van der Waals surface area contributed by atoms with Gasteiger partial charge in [0.1, 0.15) is 0 Å². The molecule has 0 aromatic heterocycles. The Hall–Kier alpha value is -0.640. The first-order valence-electron chi connectivity index (χ1n) is 5.20. The molecule has 0 bridgehead atoms.